The molecule has 17 heavy (non-hydrogen) atoms. The average molecular weight is 256 g/mol. The summed E-state index contributed by atoms with van der Waals surface area (Å²) >= 11 is 0. The fourth-order valence-corrected chi connectivity index (χ4v) is 3.04. The Morgan fingerprint density at radius 1 is 1.35 bits per heavy atom. The van der Waals surface area contributed by atoms with Gasteiger partial charge < -0.3 is 5.73 Å². The summed E-state index contributed by atoms with van der Waals surface area (Å²) in [6, 6.07) is 4.87. The lowest BCUT2D eigenvalue weighted by atomic mass is 10.2. The maximum atomic E-state index is 12.3. The van der Waals surface area contributed by atoms with E-state index in [0.29, 0.717) is 22.7 Å². The van der Waals surface area contributed by atoms with Gasteiger partial charge >= 0.3 is 0 Å². The molecule has 0 amide bonds. The van der Waals surface area contributed by atoms with Crippen LogP contribution in [0.3, 0.4) is 0 Å². The van der Waals surface area contributed by atoms with Crippen LogP contribution in [0.25, 0.3) is 0 Å². The molecule has 0 aromatic heterocycles. The highest BCUT2D eigenvalue weighted by atomic mass is 32.2. The molecule has 5 heteroatoms. The monoisotopic (exact) mass is 256 g/mol. The second-order valence-corrected chi connectivity index (χ2v) is 6.22. The van der Waals surface area contributed by atoms with Crippen molar-refractivity contribution in [2.45, 2.75) is 31.6 Å². The quantitative estimate of drug-likeness (QED) is 0.819. The molecule has 1 aromatic rings. The molecular weight excluding hydrogens is 236 g/mol. The van der Waals surface area contributed by atoms with Crippen molar-refractivity contribution in [3.8, 4) is 0 Å². The Morgan fingerprint density at radius 3 is 2.53 bits per heavy atom. The van der Waals surface area contributed by atoms with Crippen molar-refractivity contribution in [1.29, 1.82) is 0 Å². The highest BCUT2D eigenvalue weighted by molar-refractivity contribution is 7.89. The molecule has 0 radical (unpaired) electrons. The number of anilines is 1. The van der Waals surface area contributed by atoms with E-state index in [1.165, 1.54) is 4.31 Å². The van der Waals surface area contributed by atoms with E-state index >= 15 is 0 Å². The molecule has 0 aliphatic rings. The molecule has 96 valence electrons. The Morgan fingerprint density at radius 2 is 2.00 bits per heavy atom. The topological polar surface area (TPSA) is 63.4 Å². The zero-order chi connectivity index (χ0) is 13.1. The first-order chi connectivity index (χ1) is 7.89. The Bertz CT molecular complexity index is 483. The summed E-state index contributed by atoms with van der Waals surface area (Å²) in [4.78, 5) is 0.338. The number of nitrogens with two attached hydrogens (primary N) is 1. The number of nitrogen functional groups attached to an aromatic ring is 1. The maximum Gasteiger partial charge on any atom is 0.243 e. The van der Waals surface area contributed by atoms with Crippen LogP contribution in [-0.4, -0.2) is 26.3 Å². The molecule has 1 aromatic carbocycles. The number of hydrogen-bond acceptors (Lipinski definition) is 3. The van der Waals surface area contributed by atoms with Crippen LogP contribution in [0, 0.1) is 6.92 Å². The van der Waals surface area contributed by atoms with Crippen LogP contribution >= 0.6 is 0 Å². The van der Waals surface area contributed by atoms with E-state index in [-0.39, 0.29) is 0 Å². The van der Waals surface area contributed by atoms with E-state index in [2.05, 4.69) is 0 Å². The first-order valence-corrected chi connectivity index (χ1v) is 7.16. The van der Waals surface area contributed by atoms with E-state index in [1.807, 2.05) is 6.92 Å². The standard InChI is InChI=1S/C12H20N2O2S/c1-4-5-8-14(3)17(15,16)12-7-6-11(13)9-10(12)2/h6-7,9H,4-5,8,13H2,1-3H3. The van der Waals surface area contributed by atoms with Crippen LogP contribution in [0.5, 0.6) is 0 Å². The summed E-state index contributed by atoms with van der Waals surface area (Å²) in [5.74, 6) is 0. The van der Waals surface area contributed by atoms with E-state index in [1.54, 1.807) is 32.2 Å². The Kier molecular flexibility index (Phi) is 4.54. The molecule has 0 atom stereocenters. The minimum Gasteiger partial charge on any atom is -0.399 e. The van der Waals surface area contributed by atoms with Crippen LogP contribution in [0.15, 0.2) is 23.1 Å². The average Bonchev–Trinajstić information content (AvgIpc) is 2.25. The van der Waals surface area contributed by atoms with Crippen molar-refractivity contribution < 1.29 is 8.42 Å². The number of sulfonamides is 1. The van der Waals surface area contributed by atoms with Gasteiger partial charge in [-0.05, 0) is 37.1 Å². The zero-order valence-corrected chi connectivity index (χ0v) is 11.4. The number of hydrogen-bond donors (Lipinski definition) is 1. The largest absolute Gasteiger partial charge is 0.399 e. The van der Waals surface area contributed by atoms with Crippen molar-refractivity contribution >= 4 is 15.7 Å². The van der Waals surface area contributed by atoms with Gasteiger partial charge in [0.25, 0.3) is 0 Å². The Hall–Kier alpha value is -1.07. The van der Waals surface area contributed by atoms with Crippen LogP contribution < -0.4 is 5.73 Å². The molecule has 0 saturated heterocycles. The Balaban J connectivity index is 3.04. The third kappa shape index (κ3) is 3.20. The normalized spacial score (nSPS) is 12.0. The summed E-state index contributed by atoms with van der Waals surface area (Å²) in [5.41, 5.74) is 6.89. The third-order valence-corrected chi connectivity index (χ3v) is 4.73. The number of aryl methyl sites for hydroxylation is 1. The molecule has 0 saturated carbocycles. The van der Waals surface area contributed by atoms with Gasteiger partial charge in [-0.1, -0.05) is 13.3 Å². The molecular formula is C12H20N2O2S. The van der Waals surface area contributed by atoms with Crippen LogP contribution in [-0.2, 0) is 10.0 Å². The van der Waals surface area contributed by atoms with Gasteiger partial charge in [-0.2, -0.15) is 0 Å². The fourth-order valence-electron chi connectivity index (χ4n) is 1.63. The smallest absolute Gasteiger partial charge is 0.243 e. The van der Waals surface area contributed by atoms with Crippen molar-refractivity contribution in [2.75, 3.05) is 19.3 Å². The van der Waals surface area contributed by atoms with E-state index in [9.17, 15) is 8.42 Å². The SMILES string of the molecule is CCCCN(C)S(=O)(=O)c1ccc(N)cc1C. The van der Waals surface area contributed by atoms with Gasteiger partial charge in [-0.25, -0.2) is 12.7 Å². The fraction of sp³-hybridized carbons (Fsp3) is 0.500. The number of nitrogens with zero attached hydrogens (tertiary/aromatic N) is 1. The molecule has 0 spiro atoms. The van der Waals surface area contributed by atoms with E-state index in [0.717, 1.165) is 12.8 Å². The molecule has 0 heterocycles. The summed E-state index contributed by atoms with van der Waals surface area (Å²) in [6.07, 6.45) is 1.84. The van der Waals surface area contributed by atoms with E-state index < -0.39 is 10.0 Å². The Labute approximate surface area is 103 Å². The third-order valence-electron chi connectivity index (χ3n) is 2.71. The second-order valence-electron chi connectivity index (χ2n) is 4.21. The van der Waals surface area contributed by atoms with Gasteiger partial charge in [0.05, 0.1) is 4.90 Å². The van der Waals surface area contributed by atoms with Crippen molar-refractivity contribution in [2.24, 2.45) is 0 Å². The second kappa shape index (κ2) is 5.51. The van der Waals surface area contributed by atoms with E-state index in [4.69, 9.17) is 5.73 Å². The van der Waals surface area contributed by atoms with Crippen LogP contribution in [0.4, 0.5) is 5.69 Å². The highest BCUT2D eigenvalue weighted by Gasteiger charge is 2.21. The van der Waals surface area contributed by atoms with Gasteiger partial charge in [-0.3, -0.25) is 0 Å². The van der Waals surface area contributed by atoms with Crippen molar-refractivity contribution in [3.63, 3.8) is 0 Å². The zero-order valence-electron chi connectivity index (χ0n) is 10.6. The summed E-state index contributed by atoms with van der Waals surface area (Å²) < 4.78 is 25.9. The van der Waals surface area contributed by atoms with Crippen LogP contribution in [0.1, 0.15) is 25.3 Å². The molecule has 1 rings (SSSR count). The summed E-state index contributed by atoms with van der Waals surface area (Å²) in [7, 11) is -1.77. The van der Waals surface area contributed by atoms with Crippen LogP contribution in [0.2, 0.25) is 0 Å². The van der Waals surface area contributed by atoms with Gasteiger partial charge in [-0.15, -0.1) is 0 Å². The maximum absolute atomic E-state index is 12.3. The first-order valence-electron chi connectivity index (χ1n) is 5.72. The number of rotatable bonds is 5. The lowest BCUT2D eigenvalue weighted by Gasteiger charge is -2.18. The predicted octanol–water partition coefficient (Wildman–Crippen LogP) is 2.00. The van der Waals surface area contributed by atoms with Gasteiger partial charge in [0.1, 0.15) is 0 Å². The molecule has 0 fully saturated rings. The minimum absolute atomic E-state index is 0.338. The van der Waals surface area contributed by atoms with Gasteiger partial charge in [0, 0.05) is 19.3 Å². The number of unbranched alkanes of at least 4 members (excludes halogenated alkanes) is 1. The lowest BCUT2D eigenvalue weighted by molar-refractivity contribution is 0.459. The molecule has 0 aliphatic carbocycles. The lowest BCUT2D eigenvalue weighted by Crippen LogP contribution is -2.28. The van der Waals surface area contributed by atoms with Gasteiger partial charge in [0.15, 0.2) is 0 Å². The molecule has 0 unspecified atom stereocenters. The highest BCUT2D eigenvalue weighted by Crippen LogP contribution is 2.21. The number of benzene rings is 1. The van der Waals surface area contributed by atoms with Gasteiger partial charge in [0.2, 0.25) is 10.0 Å². The molecule has 0 aliphatic heterocycles. The summed E-state index contributed by atoms with van der Waals surface area (Å²) in [6.45, 7) is 4.34. The molecule has 4 nitrogen and oxygen atoms in total. The van der Waals surface area contributed by atoms with Crippen molar-refractivity contribution in [3.05, 3.63) is 23.8 Å². The minimum atomic E-state index is -3.38. The van der Waals surface area contributed by atoms with Crippen molar-refractivity contribution in [1.82, 2.24) is 4.31 Å². The molecule has 0 bridgehead atoms. The first kappa shape index (κ1) is 14.0. The predicted molar refractivity (Wildman–Crippen MR) is 70.3 cm³/mol. The summed E-state index contributed by atoms with van der Waals surface area (Å²) in [5, 5.41) is 0. The molecule has 2 N–H and O–H groups in total.